The van der Waals surface area contributed by atoms with Crippen molar-refractivity contribution in [2.45, 2.75) is 12.6 Å². The third kappa shape index (κ3) is 4.12. The Bertz CT molecular complexity index is 665. The lowest BCUT2D eigenvalue weighted by Gasteiger charge is -2.13. The second-order valence-corrected chi connectivity index (χ2v) is 5.20. The molecule has 0 saturated carbocycles. The van der Waals surface area contributed by atoms with Gasteiger partial charge in [-0.3, -0.25) is 0 Å². The maximum atomic E-state index is 13.4. The zero-order chi connectivity index (χ0) is 16.1. The molecule has 0 saturated heterocycles. The molecule has 23 heavy (non-hydrogen) atoms. The smallest absolute Gasteiger partial charge is 0.231 e. The van der Waals surface area contributed by atoms with Crippen LogP contribution in [0.25, 0.3) is 0 Å². The summed E-state index contributed by atoms with van der Waals surface area (Å²) < 4.78 is 29.4. The Morgan fingerprint density at radius 1 is 1.17 bits per heavy atom. The van der Waals surface area contributed by atoms with Gasteiger partial charge in [0.2, 0.25) is 6.79 Å². The van der Waals surface area contributed by atoms with Crippen LogP contribution < -0.4 is 19.5 Å². The minimum Gasteiger partial charge on any atom is -0.491 e. The second-order valence-electron chi connectivity index (χ2n) is 5.20. The fraction of sp³-hybridized carbons (Fsp3) is 0.294. The highest BCUT2D eigenvalue weighted by molar-refractivity contribution is 5.46. The lowest BCUT2D eigenvalue weighted by Crippen LogP contribution is -2.31. The molecule has 6 heteroatoms. The summed E-state index contributed by atoms with van der Waals surface area (Å²) >= 11 is 0. The molecule has 0 aliphatic carbocycles. The Morgan fingerprint density at radius 3 is 2.87 bits per heavy atom. The van der Waals surface area contributed by atoms with E-state index in [4.69, 9.17) is 14.2 Å². The van der Waals surface area contributed by atoms with E-state index in [9.17, 15) is 9.50 Å². The number of nitrogens with one attached hydrogen (secondary N) is 1. The lowest BCUT2D eigenvalue weighted by atomic mass is 10.2. The van der Waals surface area contributed by atoms with Crippen molar-refractivity contribution >= 4 is 0 Å². The zero-order valence-corrected chi connectivity index (χ0v) is 12.5. The minimum atomic E-state index is -0.702. The molecule has 2 aromatic carbocycles. The summed E-state index contributed by atoms with van der Waals surface area (Å²) in [5.74, 6) is 1.66. The third-order valence-corrected chi connectivity index (χ3v) is 3.44. The highest BCUT2D eigenvalue weighted by atomic mass is 19.1. The first-order valence-electron chi connectivity index (χ1n) is 7.37. The molecule has 2 N–H and O–H groups in total. The Balaban J connectivity index is 1.41. The summed E-state index contributed by atoms with van der Waals surface area (Å²) in [6, 6.07) is 11.8. The van der Waals surface area contributed by atoms with Gasteiger partial charge in [0.25, 0.3) is 0 Å². The molecule has 2 aromatic rings. The Morgan fingerprint density at radius 2 is 2.00 bits per heavy atom. The van der Waals surface area contributed by atoms with Gasteiger partial charge in [-0.25, -0.2) is 4.39 Å². The minimum absolute atomic E-state index is 0.129. The van der Waals surface area contributed by atoms with Crippen molar-refractivity contribution in [2.75, 3.05) is 19.9 Å². The van der Waals surface area contributed by atoms with E-state index >= 15 is 0 Å². The average molecular weight is 319 g/mol. The van der Waals surface area contributed by atoms with Crippen molar-refractivity contribution in [1.29, 1.82) is 0 Å². The van der Waals surface area contributed by atoms with Crippen molar-refractivity contribution in [1.82, 2.24) is 5.32 Å². The van der Waals surface area contributed by atoms with Crippen molar-refractivity contribution in [2.24, 2.45) is 0 Å². The second kappa shape index (κ2) is 7.30. The van der Waals surface area contributed by atoms with Crippen LogP contribution in [0.4, 0.5) is 4.39 Å². The standard InChI is InChI=1S/C17H18FNO4/c18-15-4-2-1-3-12(15)8-19-9-13(20)10-21-14-5-6-16-17(7-14)23-11-22-16/h1-7,13,19-20H,8-11H2/t13-/m0/s1. The predicted octanol–water partition coefficient (Wildman–Crippen LogP) is 2.08. The number of benzene rings is 2. The van der Waals surface area contributed by atoms with Crippen molar-refractivity contribution in [3.05, 3.63) is 53.8 Å². The van der Waals surface area contributed by atoms with Gasteiger partial charge < -0.3 is 24.6 Å². The number of halogens is 1. The lowest BCUT2D eigenvalue weighted by molar-refractivity contribution is 0.106. The molecule has 3 rings (SSSR count). The summed E-state index contributed by atoms with van der Waals surface area (Å²) in [6.07, 6.45) is -0.702. The summed E-state index contributed by atoms with van der Waals surface area (Å²) in [7, 11) is 0. The number of fused-ring (bicyclic) bond motifs is 1. The number of aliphatic hydroxyl groups is 1. The van der Waals surface area contributed by atoms with E-state index in [0.29, 0.717) is 35.9 Å². The molecule has 1 atom stereocenters. The zero-order valence-electron chi connectivity index (χ0n) is 12.5. The number of rotatable bonds is 7. The summed E-state index contributed by atoms with van der Waals surface area (Å²) in [6.45, 7) is 0.998. The molecule has 5 nitrogen and oxygen atoms in total. The molecule has 0 amide bonds. The van der Waals surface area contributed by atoms with E-state index in [1.165, 1.54) is 6.07 Å². The van der Waals surface area contributed by atoms with Crippen LogP contribution in [-0.2, 0) is 6.54 Å². The van der Waals surface area contributed by atoms with Gasteiger partial charge in [0.1, 0.15) is 24.3 Å². The van der Waals surface area contributed by atoms with E-state index in [0.717, 1.165) is 0 Å². The maximum Gasteiger partial charge on any atom is 0.231 e. The number of hydrogen-bond donors (Lipinski definition) is 2. The van der Waals surface area contributed by atoms with Crippen LogP contribution in [0.1, 0.15) is 5.56 Å². The van der Waals surface area contributed by atoms with Crippen LogP contribution in [0.15, 0.2) is 42.5 Å². The molecule has 1 aliphatic heterocycles. The van der Waals surface area contributed by atoms with Gasteiger partial charge in [-0.1, -0.05) is 18.2 Å². The monoisotopic (exact) mass is 319 g/mol. The van der Waals surface area contributed by atoms with Crippen LogP contribution in [0.5, 0.6) is 17.2 Å². The van der Waals surface area contributed by atoms with E-state index < -0.39 is 6.10 Å². The molecule has 122 valence electrons. The van der Waals surface area contributed by atoms with Crippen LogP contribution in [-0.4, -0.2) is 31.2 Å². The van der Waals surface area contributed by atoms with E-state index in [1.807, 2.05) is 0 Å². The molecule has 0 radical (unpaired) electrons. The van der Waals surface area contributed by atoms with Gasteiger partial charge in [-0.05, 0) is 18.2 Å². The fourth-order valence-electron chi connectivity index (χ4n) is 2.23. The van der Waals surface area contributed by atoms with Gasteiger partial charge in [-0.2, -0.15) is 0 Å². The first-order chi connectivity index (χ1) is 11.2. The quantitative estimate of drug-likeness (QED) is 0.818. The molecule has 1 aliphatic rings. The Hall–Kier alpha value is -2.31. The van der Waals surface area contributed by atoms with Crippen molar-refractivity contribution in [3.63, 3.8) is 0 Å². The highest BCUT2D eigenvalue weighted by Gasteiger charge is 2.14. The van der Waals surface area contributed by atoms with Crippen molar-refractivity contribution in [3.8, 4) is 17.2 Å². The first kappa shape index (κ1) is 15.6. The Kier molecular flexibility index (Phi) is 4.95. The fourth-order valence-corrected chi connectivity index (χ4v) is 2.23. The SMILES string of the molecule is O[C@@H](CNCc1ccccc1F)COc1ccc2c(c1)OCO2. The molecule has 0 bridgehead atoms. The van der Waals surface area contributed by atoms with E-state index in [2.05, 4.69) is 5.32 Å². The maximum absolute atomic E-state index is 13.4. The van der Waals surface area contributed by atoms with E-state index in [1.54, 1.807) is 36.4 Å². The first-order valence-corrected chi connectivity index (χ1v) is 7.37. The Labute approximate surface area is 133 Å². The van der Waals surface area contributed by atoms with Crippen LogP contribution in [0.2, 0.25) is 0 Å². The normalized spacial score (nSPS) is 13.8. The predicted molar refractivity (Wildman–Crippen MR) is 82.2 cm³/mol. The molecule has 0 unspecified atom stereocenters. The molecule has 0 fully saturated rings. The molecular weight excluding hydrogens is 301 g/mol. The van der Waals surface area contributed by atoms with Crippen LogP contribution in [0, 0.1) is 5.82 Å². The van der Waals surface area contributed by atoms with Gasteiger partial charge in [0.15, 0.2) is 11.5 Å². The number of ether oxygens (including phenoxy) is 3. The number of aliphatic hydroxyl groups excluding tert-OH is 1. The highest BCUT2D eigenvalue weighted by Crippen LogP contribution is 2.35. The van der Waals surface area contributed by atoms with Crippen LogP contribution >= 0.6 is 0 Å². The van der Waals surface area contributed by atoms with Gasteiger partial charge in [0, 0.05) is 24.7 Å². The summed E-state index contributed by atoms with van der Waals surface area (Å²) in [4.78, 5) is 0. The van der Waals surface area contributed by atoms with Crippen LogP contribution in [0.3, 0.4) is 0 Å². The van der Waals surface area contributed by atoms with Gasteiger partial charge in [-0.15, -0.1) is 0 Å². The van der Waals surface area contributed by atoms with Gasteiger partial charge in [0.05, 0.1) is 0 Å². The van der Waals surface area contributed by atoms with Gasteiger partial charge >= 0.3 is 0 Å². The summed E-state index contributed by atoms with van der Waals surface area (Å²) in [5.41, 5.74) is 0.566. The molecule has 1 heterocycles. The topological polar surface area (TPSA) is 60.0 Å². The molecule has 0 aromatic heterocycles. The largest absolute Gasteiger partial charge is 0.491 e. The number of hydrogen-bond acceptors (Lipinski definition) is 5. The van der Waals surface area contributed by atoms with E-state index in [-0.39, 0.29) is 19.2 Å². The molecule has 0 spiro atoms. The molecular formula is C17H18FNO4. The van der Waals surface area contributed by atoms with Crippen molar-refractivity contribution < 1.29 is 23.7 Å². The average Bonchev–Trinajstić information content (AvgIpc) is 3.02. The summed E-state index contributed by atoms with van der Waals surface area (Å²) in [5, 5.41) is 12.9. The third-order valence-electron chi connectivity index (χ3n) is 3.44.